The maximum atomic E-state index is 15.0. The lowest BCUT2D eigenvalue weighted by Gasteiger charge is -2.22. The third-order valence-corrected chi connectivity index (χ3v) is 8.80. The fraction of sp³-hybridized carbons (Fsp3) is 0.294. The normalized spacial score (nSPS) is 12.6. The molecule has 0 atom stereocenters. The van der Waals surface area contributed by atoms with Gasteiger partial charge in [-0.25, -0.2) is 19.0 Å². The van der Waals surface area contributed by atoms with Gasteiger partial charge in [-0.1, -0.05) is 30.3 Å². The number of urea groups is 1. The molecule has 0 unspecified atom stereocenters. The van der Waals surface area contributed by atoms with Crippen molar-refractivity contribution in [2.75, 3.05) is 32.1 Å². The average Bonchev–Trinajstić information content (AvgIpc) is 3.65. The number of fused-ring (bicyclic) bond motifs is 1. The van der Waals surface area contributed by atoms with E-state index in [0.717, 1.165) is 39.5 Å². The van der Waals surface area contributed by atoms with Crippen LogP contribution in [-0.4, -0.2) is 64.4 Å². The average molecular weight is 659 g/mol. The number of amides is 3. The summed E-state index contributed by atoms with van der Waals surface area (Å²) < 4.78 is 34.5. The first kappa shape index (κ1) is 32.0. The molecule has 13 heteroatoms. The van der Waals surface area contributed by atoms with Crippen molar-refractivity contribution in [3.05, 3.63) is 90.1 Å². The Kier molecular flexibility index (Phi) is 9.93. The minimum absolute atomic E-state index is 0.0280. The number of carbonyl (C=O) groups is 2. The highest BCUT2D eigenvalue weighted by Gasteiger charge is 2.23. The van der Waals surface area contributed by atoms with E-state index in [1.165, 1.54) is 23.5 Å². The summed E-state index contributed by atoms with van der Waals surface area (Å²) in [6, 6.07) is 17.3. The number of halogens is 1. The zero-order valence-electron chi connectivity index (χ0n) is 26.1. The first-order valence-electron chi connectivity index (χ1n) is 15.3. The molecule has 1 saturated carbocycles. The Morgan fingerprint density at radius 1 is 1.06 bits per heavy atom. The predicted octanol–water partition coefficient (Wildman–Crippen LogP) is 6.74. The Morgan fingerprint density at radius 2 is 1.89 bits per heavy atom. The number of hydrogen-bond acceptors (Lipinski definition) is 8. The number of pyridine rings is 1. The molecule has 244 valence electrons. The van der Waals surface area contributed by atoms with Crippen molar-refractivity contribution in [2.45, 2.75) is 31.9 Å². The smallest absolute Gasteiger partial charge is 0.410 e. The molecule has 2 N–H and O–H groups in total. The van der Waals surface area contributed by atoms with Gasteiger partial charge in [-0.3, -0.25) is 4.98 Å². The molecule has 11 nitrogen and oxygen atoms in total. The number of hydrogen-bond donors (Lipinski definition) is 2. The Labute approximate surface area is 275 Å². The third-order valence-electron chi connectivity index (χ3n) is 7.67. The molecule has 0 radical (unpaired) electrons. The lowest BCUT2D eigenvalue weighted by molar-refractivity contribution is 0.0827. The topological polar surface area (TPSA) is 120 Å². The van der Waals surface area contributed by atoms with Gasteiger partial charge in [-0.05, 0) is 36.6 Å². The first-order chi connectivity index (χ1) is 22.9. The maximum absolute atomic E-state index is 15.0. The van der Waals surface area contributed by atoms with Gasteiger partial charge in [0.1, 0.15) is 18.2 Å². The quantitative estimate of drug-likeness (QED) is 0.144. The molecule has 1 fully saturated rings. The summed E-state index contributed by atoms with van der Waals surface area (Å²) in [5, 5.41) is 5.46. The summed E-state index contributed by atoms with van der Waals surface area (Å²) in [4.78, 5) is 36.6. The molecule has 3 aromatic heterocycles. The minimum Gasteiger partial charge on any atom is -0.453 e. The van der Waals surface area contributed by atoms with E-state index >= 15 is 0 Å². The molecule has 1 aliphatic rings. The van der Waals surface area contributed by atoms with E-state index < -0.39 is 11.9 Å². The Morgan fingerprint density at radius 3 is 2.66 bits per heavy atom. The molecule has 3 amide bonds. The number of benzene rings is 2. The van der Waals surface area contributed by atoms with Crippen molar-refractivity contribution >= 4 is 39.4 Å². The summed E-state index contributed by atoms with van der Waals surface area (Å²) in [5.41, 5.74) is 2.87. The summed E-state index contributed by atoms with van der Waals surface area (Å²) >= 11 is 1.44. The number of ether oxygens (including phenoxy) is 3. The molecule has 6 rings (SSSR count). The van der Waals surface area contributed by atoms with Gasteiger partial charge in [-0.2, -0.15) is 0 Å². The van der Waals surface area contributed by atoms with Crippen molar-refractivity contribution in [2.24, 2.45) is 7.05 Å². The highest BCUT2D eigenvalue weighted by atomic mass is 32.1. The van der Waals surface area contributed by atoms with E-state index in [1.54, 1.807) is 36.5 Å². The number of thiophene rings is 1. The number of nitrogens with one attached hydrogen (secondary N) is 2. The molecule has 0 spiro atoms. The van der Waals surface area contributed by atoms with Gasteiger partial charge in [-0.15, -0.1) is 11.3 Å². The van der Waals surface area contributed by atoms with Gasteiger partial charge < -0.3 is 34.3 Å². The van der Waals surface area contributed by atoms with Crippen LogP contribution in [0.5, 0.6) is 11.5 Å². The summed E-state index contributed by atoms with van der Waals surface area (Å²) in [6.07, 6.45) is 5.48. The number of carbonyl (C=O) groups excluding carboxylic acids is 2. The van der Waals surface area contributed by atoms with Crippen molar-refractivity contribution in [3.8, 4) is 22.2 Å². The van der Waals surface area contributed by atoms with Crippen LogP contribution in [0, 0.1) is 5.82 Å². The fourth-order valence-electron chi connectivity index (χ4n) is 4.93. The Balaban J connectivity index is 1.12. The van der Waals surface area contributed by atoms with Crippen LogP contribution in [0.2, 0.25) is 0 Å². The zero-order valence-corrected chi connectivity index (χ0v) is 26.9. The monoisotopic (exact) mass is 658 g/mol. The molecular formula is C34H35FN6O5S. The number of methoxy groups -OCH3 is 1. The van der Waals surface area contributed by atoms with Gasteiger partial charge in [0.25, 0.3) is 0 Å². The Hall–Kier alpha value is -5.01. The molecule has 0 bridgehead atoms. The molecule has 3 heterocycles. The second kappa shape index (κ2) is 14.6. The molecule has 47 heavy (non-hydrogen) atoms. The van der Waals surface area contributed by atoms with E-state index in [1.807, 2.05) is 48.0 Å². The molecule has 1 aliphatic carbocycles. The summed E-state index contributed by atoms with van der Waals surface area (Å²) in [6.45, 7) is 1.40. The lowest BCUT2D eigenvalue weighted by atomic mass is 10.2. The first-order valence-corrected chi connectivity index (χ1v) is 16.1. The lowest BCUT2D eigenvalue weighted by Crippen LogP contribution is -2.36. The van der Waals surface area contributed by atoms with Gasteiger partial charge in [0.2, 0.25) is 0 Å². The molecular weight excluding hydrogens is 623 g/mol. The van der Waals surface area contributed by atoms with E-state index in [-0.39, 0.29) is 24.4 Å². The minimum atomic E-state index is -0.604. The number of imidazole rings is 1. The number of rotatable bonds is 13. The van der Waals surface area contributed by atoms with Crippen LogP contribution in [0.1, 0.15) is 24.1 Å². The van der Waals surface area contributed by atoms with Crippen molar-refractivity contribution < 1.29 is 28.2 Å². The van der Waals surface area contributed by atoms with Crippen LogP contribution in [0.3, 0.4) is 0 Å². The van der Waals surface area contributed by atoms with Crippen LogP contribution >= 0.6 is 11.3 Å². The molecule has 2 aromatic carbocycles. The predicted molar refractivity (Wildman–Crippen MR) is 177 cm³/mol. The van der Waals surface area contributed by atoms with E-state index in [4.69, 9.17) is 14.2 Å². The van der Waals surface area contributed by atoms with Gasteiger partial charge in [0, 0.05) is 75.6 Å². The van der Waals surface area contributed by atoms with Gasteiger partial charge in [0.15, 0.2) is 11.6 Å². The second-order valence-corrected chi connectivity index (χ2v) is 12.2. The zero-order chi connectivity index (χ0) is 32.8. The van der Waals surface area contributed by atoms with Crippen LogP contribution in [-0.2, 0) is 29.5 Å². The van der Waals surface area contributed by atoms with Crippen molar-refractivity contribution in [1.82, 2.24) is 24.8 Å². The summed E-state index contributed by atoms with van der Waals surface area (Å²) in [5.74, 6) is 0.609. The maximum Gasteiger partial charge on any atom is 0.410 e. The Bertz CT molecular complexity index is 1860. The van der Waals surface area contributed by atoms with E-state index in [2.05, 4.69) is 20.6 Å². The van der Waals surface area contributed by atoms with Crippen LogP contribution < -0.4 is 15.4 Å². The van der Waals surface area contributed by atoms with Crippen LogP contribution in [0.4, 0.5) is 19.7 Å². The molecule has 0 aliphatic heterocycles. The SMILES string of the molecule is COCCN(CCc1cnc(-c2cc3nccc(Oc4ccc(NC(=O)NC5CC5)cc4F)c3s2)n1C)C(=O)OCc1ccccc1. The number of aromatic nitrogens is 3. The van der Waals surface area contributed by atoms with Crippen molar-refractivity contribution in [1.29, 1.82) is 0 Å². The third kappa shape index (κ3) is 8.05. The largest absolute Gasteiger partial charge is 0.453 e. The molecule has 0 saturated heterocycles. The van der Waals surface area contributed by atoms with Crippen molar-refractivity contribution in [3.63, 3.8) is 0 Å². The number of anilines is 1. The highest BCUT2D eigenvalue weighted by Crippen LogP contribution is 2.39. The standard InChI is InChI=1S/C34H35FN6O5S/c1-40-25(13-15-41(16-17-44-2)34(43)45-21-22-6-4-3-5-7-22)20-37-32(40)30-19-27-31(47-30)29(12-14-36-27)46-28-11-10-24(18-26(28)35)39-33(42)38-23-8-9-23/h3-7,10-12,14,18-20,23H,8-9,13,15-17,21H2,1-2H3,(H2,38,39,42). The van der Waals surface area contributed by atoms with Crippen LogP contribution in [0.15, 0.2) is 73.1 Å². The highest BCUT2D eigenvalue weighted by molar-refractivity contribution is 7.22. The van der Waals surface area contributed by atoms with E-state index in [9.17, 15) is 14.0 Å². The van der Waals surface area contributed by atoms with Gasteiger partial charge >= 0.3 is 12.1 Å². The van der Waals surface area contributed by atoms with Crippen LogP contribution in [0.25, 0.3) is 20.9 Å². The molecule has 5 aromatic rings. The summed E-state index contributed by atoms with van der Waals surface area (Å²) in [7, 11) is 3.52. The fourth-order valence-corrected chi connectivity index (χ4v) is 6.03. The van der Waals surface area contributed by atoms with Gasteiger partial charge in [0.05, 0.1) is 21.7 Å². The number of nitrogens with zero attached hydrogens (tertiary/aromatic N) is 4. The van der Waals surface area contributed by atoms with E-state index in [0.29, 0.717) is 43.1 Å². The second-order valence-electron chi connectivity index (χ2n) is 11.2.